The lowest BCUT2D eigenvalue weighted by atomic mass is 9.64. The zero-order valence-electron chi connectivity index (χ0n) is 13.1. The van der Waals surface area contributed by atoms with Crippen molar-refractivity contribution in [2.24, 2.45) is 5.41 Å². The quantitative estimate of drug-likeness (QED) is 0.866. The van der Waals surface area contributed by atoms with Crippen molar-refractivity contribution in [1.29, 1.82) is 0 Å². The van der Waals surface area contributed by atoms with Crippen LogP contribution in [0.15, 0.2) is 28.7 Å². The van der Waals surface area contributed by atoms with Crippen molar-refractivity contribution in [3.05, 3.63) is 34.3 Å². The van der Waals surface area contributed by atoms with Crippen molar-refractivity contribution >= 4 is 15.9 Å². The highest BCUT2D eigenvalue weighted by molar-refractivity contribution is 9.10. The molecule has 0 aliphatic carbocycles. The van der Waals surface area contributed by atoms with Crippen LogP contribution in [0.2, 0.25) is 0 Å². The molecule has 2 aliphatic rings. The summed E-state index contributed by atoms with van der Waals surface area (Å²) in [6, 6.07) is 8.85. The second-order valence-electron chi connectivity index (χ2n) is 6.68. The molecule has 3 rings (SSSR count). The van der Waals surface area contributed by atoms with E-state index in [9.17, 15) is 0 Å². The van der Waals surface area contributed by atoms with E-state index in [0.29, 0.717) is 11.3 Å². The zero-order valence-corrected chi connectivity index (χ0v) is 14.7. The average molecular weight is 351 g/mol. The lowest BCUT2D eigenvalue weighted by Gasteiger charge is -2.45. The minimum Gasteiger partial charge on any atom is -0.316 e. The molecule has 2 nitrogen and oxygen atoms in total. The molecule has 1 N–H and O–H groups in total. The minimum atomic E-state index is 0.499. The first-order chi connectivity index (χ1) is 10.2. The van der Waals surface area contributed by atoms with Gasteiger partial charge in [-0.3, -0.25) is 0 Å². The van der Waals surface area contributed by atoms with Gasteiger partial charge in [0.05, 0.1) is 0 Å². The number of nitrogens with zero attached hydrogens (tertiary/aromatic N) is 1. The monoisotopic (exact) mass is 350 g/mol. The molecular formula is C18H27BrN2. The predicted molar refractivity (Wildman–Crippen MR) is 92.8 cm³/mol. The molecule has 0 radical (unpaired) electrons. The summed E-state index contributed by atoms with van der Waals surface area (Å²) in [5.41, 5.74) is 2.01. The summed E-state index contributed by atoms with van der Waals surface area (Å²) in [6.45, 7) is 8.38. The summed E-state index contributed by atoms with van der Waals surface area (Å²) in [4.78, 5) is 2.63. The van der Waals surface area contributed by atoms with Crippen LogP contribution in [-0.2, 0) is 0 Å². The van der Waals surface area contributed by atoms with E-state index in [1.807, 2.05) is 0 Å². The van der Waals surface area contributed by atoms with Crippen molar-refractivity contribution < 1.29 is 0 Å². The van der Waals surface area contributed by atoms with Gasteiger partial charge >= 0.3 is 0 Å². The Labute approximate surface area is 137 Å². The number of benzene rings is 1. The smallest absolute Gasteiger partial charge is 0.0210 e. The standard InChI is InChI=1S/C18H27BrN2/c1-2-21-12-5-8-18(10-13-21)9-11-20-14-16(18)15-6-3-4-7-17(15)19/h3-4,6-7,16,20H,2,5,8-14H2,1H3. The topological polar surface area (TPSA) is 15.3 Å². The lowest BCUT2D eigenvalue weighted by molar-refractivity contribution is 0.135. The highest BCUT2D eigenvalue weighted by Gasteiger charge is 2.42. The molecule has 2 aliphatic heterocycles. The fraction of sp³-hybridized carbons (Fsp3) is 0.667. The van der Waals surface area contributed by atoms with E-state index in [1.165, 1.54) is 61.9 Å². The number of piperidine rings is 1. The Kier molecular flexibility index (Phi) is 5.03. The predicted octanol–water partition coefficient (Wildman–Crippen LogP) is 4.02. The molecule has 2 saturated heterocycles. The average Bonchev–Trinajstić information content (AvgIpc) is 2.72. The van der Waals surface area contributed by atoms with E-state index in [1.54, 1.807) is 0 Å². The fourth-order valence-electron chi connectivity index (χ4n) is 4.36. The maximum atomic E-state index is 3.79. The summed E-state index contributed by atoms with van der Waals surface area (Å²) >= 11 is 3.79. The zero-order chi connectivity index (χ0) is 14.7. The number of hydrogen-bond donors (Lipinski definition) is 1. The van der Waals surface area contributed by atoms with Gasteiger partial charge in [-0.05, 0) is 68.9 Å². The summed E-state index contributed by atoms with van der Waals surface area (Å²) in [5, 5.41) is 3.64. The molecule has 21 heavy (non-hydrogen) atoms. The molecule has 0 saturated carbocycles. The Balaban J connectivity index is 1.89. The molecular weight excluding hydrogens is 324 g/mol. The number of halogens is 1. The second kappa shape index (κ2) is 6.80. The van der Waals surface area contributed by atoms with Crippen LogP contribution in [-0.4, -0.2) is 37.6 Å². The SMILES string of the molecule is CCN1CCCC2(CCNCC2c2ccccc2Br)CC1. The first-order valence-electron chi connectivity index (χ1n) is 8.43. The van der Waals surface area contributed by atoms with Crippen molar-refractivity contribution in [3.8, 4) is 0 Å². The molecule has 2 unspecified atom stereocenters. The van der Waals surface area contributed by atoms with Gasteiger partial charge in [-0.2, -0.15) is 0 Å². The highest BCUT2D eigenvalue weighted by Crippen LogP contribution is 2.49. The normalized spacial score (nSPS) is 31.2. The number of nitrogens with one attached hydrogen (secondary N) is 1. The van der Waals surface area contributed by atoms with Gasteiger partial charge in [-0.1, -0.05) is 41.1 Å². The molecule has 3 heteroatoms. The van der Waals surface area contributed by atoms with Gasteiger partial charge < -0.3 is 10.2 Å². The van der Waals surface area contributed by atoms with Crippen LogP contribution in [0.25, 0.3) is 0 Å². The van der Waals surface area contributed by atoms with E-state index in [-0.39, 0.29) is 0 Å². The van der Waals surface area contributed by atoms with E-state index in [2.05, 4.69) is 57.3 Å². The van der Waals surface area contributed by atoms with Crippen LogP contribution in [0.5, 0.6) is 0 Å². The van der Waals surface area contributed by atoms with Crippen LogP contribution in [0.1, 0.15) is 44.1 Å². The van der Waals surface area contributed by atoms with Gasteiger partial charge in [0.2, 0.25) is 0 Å². The Bertz CT molecular complexity index is 476. The third kappa shape index (κ3) is 3.20. The third-order valence-electron chi connectivity index (χ3n) is 5.69. The first kappa shape index (κ1) is 15.5. The van der Waals surface area contributed by atoms with Crippen LogP contribution < -0.4 is 5.32 Å². The molecule has 0 bridgehead atoms. The molecule has 1 aromatic carbocycles. The van der Waals surface area contributed by atoms with Gasteiger partial charge in [-0.15, -0.1) is 0 Å². The summed E-state index contributed by atoms with van der Waals surface area (Å²) < 4.78 is 1.29. The molecule has 116 valence electrons. The van der Waals surface area contributed by atoms with Gasteiger partial charge in [0, 0.05) is 16.9 Å². The molecule has 2 atom stereocenters. The van der Waals surface area contributed by atoms with Crippen LogP contribution >= 0.6 is 15.9 Å². The largest absolute Gasteiger partial charge is 0.316 e. The van der Waals surface area contributed by atoms with E-state index < -0.39 is 0 Å². The van der Waals surface area contributed by atoms with Crippen molar-refractivity contribution in [2.75, 3.05) is 32.7 Å². The molecule has 0 amide bonds. The van der Waals surface area contributed by atoms with E-state index in [4.69, 9.17) is 0 Å². The summed E-state index contributed by atoms with van der Waals surface area (Å²) in [7, 11) is 0. The second-order valence-corrected chi connectivity index (χ2v) is 7.53. The van der Waals surface area contributed by atoms with Crippen molar-refractivity contribution in [2.45, 2.75) is 38.5 Å². The van der Waals surface area contributed by atoms with Gasteiger partial charge in [0.15, 0.2) is 0 Å². The third-order valence-corrected chi connectivity index (χ3v) is 6.41. The van der Waals surface area contributed by atoms with E-state index >= 15 is 0 Å². The summed E-state index contributed by atoms with van der Waals surface area (Å²) in [6.07, 6.45) is 5.43. The molecule has 1 aromatic rings. The van der Waals surface area contributed by atoms with Gasteiger partial charge in [0.1, 0.15) is 0 Å². The van der Waals surface area contributed by atoms with Gasteiger partial charge in [0.25, 0.3) is 0 Å². The van der Waals surface area contributed by atoms with Crippen LogP contribution in [0.3, 0.4) is 0 Å². The van der Waals surface area contributed by atoms with Crippen molar-refractivity contribution in [1.82, 2.24) is 10.2 Å². The molecule has 2 fully saturated rings. The number of hydrogen-bond acceptors (Lipinski definition) is 2. The van der Waals surface area contributed by atoms with E-state index in [0.717, 1.165) is 6.54 Å². The maximum Gasteiger partial charge on any atom is 0.0210 e. The lowest BCUT2D eigenvalue weighted by Crippen LogP contribution is -2.44. The van der Waals surface area contributed by atoms with Crippen LogP contribution in [0.4, 0.5) is 0 Å². The molecule has 1 spiro atoms. The highest BCUT2D eigenvalue weighted by atomic mass is 79.9. The number of rotatable bonds is 2. The Morgan fingerprint density at radius 2 is 2.10 bits per heavy atom. The fourth-order valence-corrected chi connectivity index (χ4v) is 4.92. The van der Waals surface area contributed by atoms with Gasteiger partial charge in [-0.25, -0.2) is 0 Å². The van der Waals surface area contributed by atoms with Crippen LogP contribution in [0, 0.1) is 5.41 Å². The molecule has 0 aromatic heterocycles. The van der Waals surface area contributed by atoms with Crippen molar-refractivity contribution in [3.63, 3.8) is 0 Å². The Morgan fingerprint density at radius 1 is 1.24 bits per heavy atom. The summed E-state index contributed by atoms with van der Waals surface area (Å²) in [5.74, 6) is 0.652. The Hall–Kier alpha value is -0.380. The molecule has 2 heterocycles. The maximum absolute atomic E-state index is 3.79. The minimum absolute atomic E-state index is 0.499. The first-order valence-corrected chi connectivity index (χ1v) is 9.22. The Morgan fingerprint density at radius 3 is 2.90 bits per heavy atom. The number of likely N-dealkylation sites (tertiary alicyclic amines) is 1.